The summed E-state index contributed by atoms with van der Waals surface area (Å²) in [4.78, 5) is 0. The second-order valence-corrected chi connectivity index (χ2v) is 4.19. The SMILES string of the molecule is CC1CCCC(/C=C/c2ccccc2)O1. The van der Waals surface area contributed by atoms with Crippen molar-refractivity contribution in [2.75, 3.05) is 0 Å². The summed E-state index contributed by atoms with van der Waals surface area (Å²) in [5.41, 5.74) is 1.25. The summed E-state index contributed by atoms with van der Waals surface area (Å²) >= 11 is 0. The molecule has 15 heavy (non-hydrogen) atoms. The van der Waals surface area contributed by atoms with E-state index in [2.05, 4.69) is 43.3 Å². The Balaban J connectivity index is 1.93. The first kappa shape index (κ1) is 10.4. The van der Waals surface area contributed by atoms with Crippen LogP contribution in [0.25, 0.3) is 6.08 Å². The molecular formula is C14H18O. The smallest absolute Gasteiger partial charge is 0.0762 e. The molecule has 0 radical (unpaired) electrons. The van der Waals surface area contributed by atoms with Crippen LogP contribution in [0.1, 0.15) is 31.7 Å². The summed E-state index contributed by atoms with van der Waals surface area (Å²) < 4.78 is 5.82. The van der Waals surface area contributed by atoms with E-state index in [1.807, 2.05) is 6.07 Å². The highest BCUT2D eigenvalue weighted by molar-refractivity contribution is 5.49. The van der Waals surface area contributed by atoms with Crippen molar-refractivity contribution in [3.05, 3.63) is 42.0 Å². The van der Waals surface area contributed by atoms with E-state index in [0.717, 1.165) is 6.42 Å². The van der Waals surface area contributed by atoms with Gasteiger partial charge in [-0.25, -0.2) is 0 Å². The van der Waals surface area contributed by atoms with Gasteiger partial charge in [0.05, 0.1) is 12.2 Å². The van der Waals surface area contributed by atoms with E-state index in [0.29, 0.717) is 12.2 Å². The summed E-state index contributed by atoms with van der Waals surface area (Å²) in [5.74, 6) is 0. The Morgan fingerprint density at radius 1 is 1.20 bits per heavy atom. The van der Waals surface area contributed by atoms with Crippen LogP contribution >= 0.6 is 0 Å². The lowest BCUT2D eigenvalue weighted by Gasteiger charge is -2.25. The first-order valence-corrected chi connectivity index (χ1v) is 5.73. The Kier molecular flexibility index (Phi) is 3.57. The molecule has 0 aliphatic carbocycles. The van der Waals surface area contributed by atoms with Crippen LogP contribution in [0, 0.1) is 0 Å². The molecule has 0 bridgehead atoms. The molecule has 1 saturated heterocycles. The first-order valence-electron chi connectivity index (χ1n) is 5.73. The first-order chi connectivity index (χ1) is 7.34. The molecule has 80 valence electrons. The van der Waals surface area contributed by atoms with Crippen molar-refractivity contribution in [1.82, 2.24) is 0 Å². The van der Waals surface area contributed by atoms with E-state index in [1.54, 1.807) is 0 Å². The van der Waals surface area contributed by atoms with E-state index >= 15 is 0 Å². The molecule has 1 nitrogen and oxygen atoms in total. The summed E-state index contributed by atoms with van der Waals surface area (Å²) in [6.45, 7) is 2.16. The molecule has 2 unspecified atom stereocenters. The lowest BCUT2D eigenvalue weighted by atomic mass is 10.0. The van der Waals surface area contributed by atoms with Crippen molar-refractivity contribution in [3.8, 4) is 0 Å². The summed E-state index contributed by atoms with van der Waals surface area (Å²) in [6, 6.07) is 10.4. The van der Waals surface area contributed by atoms with Crippen LogP contribution in [0.3, 0.4) is 0 Å². The molecule has 0 saturated carbocycles. The third kappa shape index (κ3) is 3.21. The van der Waals surface area contributed by atoms with Gasteiger partial charge in [-0.1, -0.05) is 42.5 Å². The van der Waals surface area contributed by atoms with Gasteiger partial charge in [-0.2, -0.15) is 0 Å². The minimum absolute atomic E-state index is 0.314. The van der Waals surface area contributed by atoms with Gasteiger partial charge in [-0.05, 0) is 31.7 Å². The van der Waals surface area contributed by atoms with E-state index < -0.39 is 0 Å². The third-order valence-corrected chi connectivity index (χ3v) is 2.81. The molecule has 1 aliphatic heterocycles. The number of ether oxygens (including phenoxy) is 1. The second-order valence-electron chi connectivity index (χ2n) is 4.19. The largest absolute Gasteiger partial charge is 0.371 e. The standard InChI is InChI=1S/C14H18O/c1-12-6-5-9-14(15-12)11-10-13-7-3-2-4-8-13/h2-4,7-8,10-12,14H,5-6,9H2,1H3/b11-10+. The fraction of sp³-hybridized carbons (Fsp3) is 0.429. The summed E-state index contributed by atoms with van der Waals surface area (Å²) in [6.07, 6.45) is 8.72. The lowest BCUT2D eigenvalue weighted by molar-refractivity contribution is -0.0137. The Labute approximate surface area is 91.8 Å². The fourth-order valence-electron chi connectivity index (χ4n) is 1.97. The van der Waals surface area contributed by atoms with Gasteiger partial charge < -0.3 is 4.74 Å². The van der Waals surface area contributed by atoms with Crippen molar-refractivity contribution >= 4 is 6.08 Å². The van der Waals surface area contributed by atoms with Crippen molar-refractivity contribution in [1.29, 1.82) is 0 Å². The highest BCUT2D eigenvalue weighted by atomic mass is 16.5. The maximum Gasteiger partial charge on any atom is 0.0762 e. The zero-order valence-electron chi connectivity index (χ0n) is 9.23. The maximum atomic E-state index is 5.82. The molecule has 0 N–H and O–H groups in total. The van der Waals surface area contributed by atoms with Crippen LogP contribution in [0.2, 0.25) is 0 Å². The minimum atomic E-state index is 0.314. The van der Waals surface area contributed by atoms with Crippen molar-refractivity contribution in [3.63, 3.8) is 0 Å². The summed E-state index contributed by atoms with van der Waals surface area (Å²) in [5, 5.41) is 0. The highest BCUT2D eigenvalue weighted by Crippen LogP contribution is 2.20. The zero-order valence-corrected chi connectivity index (χ0v) is 9.23. The number of hydrogen-bond acceptors (Lipinski definition) is 1. The highest BCUT2D eigenvalue weighted by Gasteiger charge is 2.15. The van der Waals surface area contributed by atoms with Crippen LogP contribution in [0.4, 0.5) is 0 Å². The molecule has 0 amide bonds. The molecule has 1 heterocycles. The van der Waals surface area contributed by atoms with Crippen LogP contribution < -0.4 is 0 Å². The van der Waals surface area contributed by atoms with Gasteiger partial charge in [0.1, 0.15) is 0 Å². The number of rotatable bonds is 2. The Morgan fingerprint density at radius 2 is 2.00 bits per heavy atom. The van der Waals surface area contributed by atoms with Crippen LogP contribution in [-0.2, 0) is 4.74 Å². The third-order valence-electron chi connectivity index (χ3n) is 2.81. The zero-order chi connectivity index (χ0) is 10.5. The van der Waals surface area contributed by atoms with Gasteiger partial charge in [0.25, 0.3) is 0 Å². The average Bonchev–Trinajstić information content (AvgIpc) is 2.28. The lowest BCUT2D eigenvalue weighted by Crippen LogP contribution is -2.23. The Morgan fingerprint density at radius 3 is 2.73 bits per heavy atom. The van der Waals surface area contributed by atoms with Crippen molar-refractivity contribution in [2.24, 2.45) is 0 Å². The Hall–Kier alpha value is -1.08. The van der Waals surface area contributed by atoms with Crippen molar-refractivity contribution in [2.45, 2.75) is 38.4 Å². The molecule has 1 aromatic carbocycles. The van der Waals surface area contributed by atoms with E-state index in [1.165, 1.54) is 18.4 Å². The van der Waals surface area contributed by atoms with Gasteiger partial charge in [0, 0.05) is 0 Å². The van der Waals surface area contributed by atoms with Gasteiger partial charge in [-0.3, -0.25) is 0 Å². The average molecular weight is 202 g/mol. The van der Waals surface area contributed by atoms with E-state index in [-0.39, 0.29) is 0 Å². The van der Waals surface area contributed by atoms with Crippen LogP contribution in [0.5, 0.6) is 0 Å². The molecule has 2 atom stereocenters. The summed E-state index contributed by atoms with van der Waals surface area (Å²) in [7, 11) is 0. The minimum Gasteiger partial charge on any atom is -0.371 e. The van der Waals surface area contributed by atoms with Gasteiger partial charge in [-0.15, -0.1) is 0 Å². The normalized spacial score (nSPS) is 27.0. The van der Waals surface area contributed by atoms with Crippen LogP contribution in [-0.4, -0.2) is 12.2 Å². The van der Waals surface area contributed by atoms with Gasteiger partial charge in [0.2, 0.25) is 0 Å². The van der Waals surface area contributed by atoms with Crippen molar-refractivity contribution < 1.29 is 4.74 Å². The van der Waals surface area contributed by atoms with Gasteiger partial charge in [0.15, 0.2) is 0 Å². The molecule has 1 fully saturated rings. The van der Waals surface area contributed by atoms with E-state index in [9.17, 15) is 0 Å². The van der Waals surface area contributed by atoms with E-state index in [4.69, 9.17) is 4.74 Å². The van der Waals surface area contributed by atoms with Gasteiger partial charge >= 0.3 is 0 Å². The monoisotopic (exact) mass is 202 g/mol. The number of hydrogen-bond donors (Lipinski definition) is 0. The second kappa shape index (κ2) is 5.13. The predicted molar refractivity (Wildman–Crippen MR) is 63.7 cm³/mol. The number of benzene rings is 1. The predicted octanol–water partition coefficient (Wildman–Crippen LogP) is 3.66. The molecule has 2 rings (SSSR count). The molecular weight excluding hydrogens is 184 g/mol. The molecule has 0 aromatic heterocycles. The fourth-order valence-corrected chi connectivity index (χ4v) is 1.97. The maximum absolute atomic E-state index is 5.82. The molecule has 1 aliphatic rings. The quantitative estimate of drug-likeness (QED) is 0.711. The molecule has 0 spiro atoms. The molecule has 1 aromatic rings. The molecule has 1 heteroatoms. The van der Waals surface area contributed by atoms with Crippen LogP contribution in [0.15, 0.2) is 36.4 Å². The topological polar surface area (TPSA) is 9.23 Å². The Bertz CT molecular complexity index is 315.